The van der Waals surface area contributed by atoms with Crippen molar-refractivity contribution in [1.82, 2.24) is 4.90 Å². The zero-order chi connectivity index (χ0) is 17.6. The quantitative estimate of drug-likeness (QED) is 0.752. The van der Waals surface area contributed by atoms with Crippen LogP contribution in [0.4, 0.5) is 8.78 Å². The molecular weight excluding hydrogens is 348 g/mol. The second-order valence-corrected chi connectivity index (χ2v) is 6.41. The number of halogens is 3. The number of rotatable bonds is 6. The highest BCUT2D eigenvalue weighted by Gasteiger charge is 2.18. The fourth-order valence-electron chi connectivity index (χ4n) is 2.81. The van der Waals surface area contributed by atoms with Gasteiger partial charge in [-0.3, -0.25) is 4.90 Å². The third-order valence-corrected chi connectivity index (χ3v) is 4.47. The van der Waals surface area contributed by atoms with Crippen molar-refractivity contribution in [3.8, 4) is 5.75 Å². The van der Waals surface area contributed by atoms with Gasteiger partial charge in [0.15, 0.2) is 11.6 Å². The molecule has 1 unspecified atom stereocenters. The van der Waals surface area contributed by atoms with Gasteiger partial charge >= 0.3 is 0 Å². The highest BCUT2D eigenvalue weighted by atomic mass is 35.5. The van der Waals surface area contributed by atoms with Crippen LogP contribution in [0.1, 0.15) is 18.1 Å². The number of hydrogen-bond donors (Lipinski definition) is 0. The molecule has 0 saturated carbocycles. The first-order valence-corrected chi connectivity index (χ1v) is 8.67. The SMILES string of the molecule is Fc1ccc(OC(CCN2CCOCC2)c2ccc(Cl)cc2)cc1F. The molecule has 0 amide bonds. The van der Waals surface area contributed by atoms with Crippen LogP contribution in [-0.4, -0.2) is 37.7 Å². The van der Waals surface area contributed by atoms with Crippen LogP contribution in [0.15, 0.2) is 42.5 Å². The van der Waals surface area contributed by atoms with E-state index in [0.717, 1.165) is 57.0 Å². The van der Waals surface area contributed by atoms with Gasteiger partial charge in [0.2, 0.25) is 0 Å². The summed E-state index contributed by atoms with van der Waals surface area (Å²) in [5, 5.41) is 0.642. The van der Waals surface area contributed by atoms with Crippen molar-refractivity contribution >= 4 is 11.6 Å². The lowest BCUT2D eigenvalue weighted by Gasteiger charge is -2.28. The van der Waals surface area contributed by atoms with Gasteiger partial charge in [-0.2, -0.15) is 0 Å². The molecule has 3 nitrogen and oxygen atoms in total. The fourth-order valence-corrected chi connectivity index (χ4v) is 2.94. The lowest BCUT2D eigenvalue weighted by Crippen LogP contribution is -2.37. The highest BCUT2D eigenvalue weighted by molar-refractivity contribution is 6.30. The maximum Gasteiger partial charge on any atom is 0.162 e. The Bertz CT molecular complexity index is 690. The molecule has 0 spiro atoms. The van der Waals surface area contributed by atoms with E-state index in [1.54, 1.807) is 12.1 Å². The first-order chi connectivity index (χ1) is 12.1. The molecule has 0 aliphatic carbocycles. The zero-order valence-electron chi connectivity index (χ0n) is 13.8. The zero-order valence-corrected chi connectivity index (χ0v) is 14.5. The van der Waals surface area contributed by atoms with Crippen LogP contribution < -0.4 is 4.74 Å². The van der Waals surface area contributed by atoms with E-state index < -0.39 is 11.6 Å². The van der Waals surface area contributed by atoms with Crippen LogP contribution >= 0.6 is 11.6 Å². The van der Waals surface area contributed by atoms with Gasteiger partial charge < -0.3 is 9.47 Å². The number of hydrogen-bond acceptors (Lipinski definition) is 3. The smallest absolute Gasteiger partial charge is 0.162 e. The molecule has 0 bridgehead atoms. The third-order valence-electron chi connectivity index (χ3n) is 4.22. The Kier molecular flexibility index (Phi) is 6.24. The summed E-state index contributed by atoms with van der Waals surface area (Å²) < 4.78 is 37.9. The van der Waals surface area contributed by atoms with Crippen molar-refractivity contribution < 1.29 is 18.3 Å². The average Bonchev–Trinajstić information content (AvgIpc) is 2.63. The van der Waals surface area contributed by atoms with Gasteiger partial charge in [-0.25, -0.2) is 8.78 Å². The van der Waals surface area contributed by atoms with E-state index in [4.69, 9.17) is 21.1 Å². The number of benzene rings is 2. The first-order valence-electron chi connectivity index (χ1n) is 8.29. The third kappa shape index (κ3) is 5.14. The lowest BCUT2D eigenvalue weighted by molar-refractivity contribution is 0.0317. The number of nitrogens with zero attached hydrogens (tertiary/aromatic N) is 1. The summed E-state index contributed by atoms with van der Waals surface area (Å²) in [6, 6.07) is 11.0. The van der Waals surface area contributed by atoms with Gasteiger partial charge in [0.25, 0.3) is 0 Å². The molecule has 1 atom stereocenters. The Balaban J connectivity index is 1.73. The fraction of sp³-hybridized carbons (Fsp3) is 0.368. The molecule has 1 saturated heterocycles. The molecule has 1 aliphatic heterocycles. The standard InChI is InChI=1S/C19H20ClF2NO2/c20-15-3-1-14(2-4-15)19(7-8-23-9-11-24-12-10-23)25-16-5-6-17(21)18(22)13-16/h1-6,13,19H,7-12H2. The van der Waals surface area contributed by atoms with Crippen molar-refractivity contribution in [2.45, 2.75) is 12.5 Å². The summed E-state index contributed by atoms with van der Waals surface area (Å²) in [4.78, 5) is 2.31. The Morgan fingerprint density at radius 3 is 2.44 bits per heavy atom. The minimum absolute atomic E-state index is 0.273. The van der Waals surface area contributed by atoms with Crippen LogP contribution in [0.5, 0.6) is 5.75 Å². The lowest BCUT2D eigenvalue weighted by atomic mass is 10.1. The molecule has 6 heteroatoms. The van der Waals surface area contributed by atoms with Gasteiger partial charge in [0.1, 0.15) is 11.9 Å². The molecule has 0 radical (unpaired) electrons. The molecule has 25 heavy (non-hydrogen) atoms. The largest absolute Gasteiger partial charge is 0.486 e. The topological polar surface area (TPSA) is 21.7 Å². The molecule has 1 heterocycles. The van der Waals surface area contributed by atoms with E-state index in [1.165, 1.54) is 6.07 Å². The molecule has 0 N–H and O–H groups in total. The Labute approximate surface area is 151 Å². The second kappa shape index (κ2) is 8.61. The summed E-state index contributed by atoms with van der Waals surface area (Å²) >= 11 is 5.96. The van der Waals surface area contributed by atoms with Crippen molar-refractivity contribution in [3.05, 3.63) is 64.7 Å². The molecule has 1 fully saturated rings. The number of ether oxygens (including phenoxy) is 2. The maximum atomic E-state index is 13.5. The molecule has 2 aromatic carbocycles. The second-order valence-electron chi connectivity index (χ2n) is 5.98. The van der Waals surface area contributed by atoms with Crippen molar-refractivity contribution in [2.75, 3.05) is 32.8 Å². The molecule has 1 aliphatic rings. The minimum atomic E-state index is -0.916. The summed E-state index contributed by atoms with van der Waals surface area (Å²) in [5.41, 5.74) is 0.947. The normalized spacial score (nSPS) is 16.6. The summed E-state index contributed by atoms with van der Waals surface area (Å²) in [6.07, 6.45) is 0.450. The molecule has 0 aromatic heterocycles. The monoisotopic (exact) mass is 367 g/mol. The van der Waals surface area contributed by atoms with Gasteiger partial charge in [0.05, 0.1) is 13.2 Å². The average molecular weight is 368 g/mol. The van der Waals surface area contributed by atoms with Gasteiger partial charge in [-0.1, -0.05) is 23.7 Å². The van der Waals surface area contributed by atoms with Crippen molar-refractivity contribution in [3.63, 3.8) is 0 Å². The van der Waals surface area contributed by atoms with E-state index in [9.17, 15) is 8.78 Å². The van der Waals surface area contributed by atoms with E-state index in [1.807, 2.05) is 12.1 Å². The molecule has 134 valence electrons. The van der Waals surface area contributed by atoms with Gasteiger partial charge in [-0.05, 0) is 29.8 Å². The van der Waals surface area contributed by atoms with Crippen molar-refractivity contribution in [1.29, 1.82) is 0 Å². The van der Waals surface area contributed by atoms with E-state index in [2.05, 4.69) is 4.90 Å². The van der Waals surface area contributed by atoms with Crippen LogP contribution in [0.2, 0.25) is 5.02 Å². The number of morpholine rings is 1. The van der Waals surface area contributed by atoms with Crippen LogP contribution in [0.3, 0.4) is 0 Å². The molecule has 2 aromatic rings. The Hall–Kier alpha value is -1.69. The summed E-state index contributed by atoms with van der Waals surface area (Å²) in [6.45, 7) is 4.07. The summed E-state index contributed by atoms with van der Waals surface area (Å²) in [5.74, 6) is -1.50. The Morgan fingerprint density at radius 2 is 1.76 bits per heavy atom. The van der Waals surface area contributed by atoms with Crippen molar-refractivity contribution in [2.24, 2.45) is 0 Å². The van der Waals surface area contributed by atoms with E-state index in [0.29, 0.717) is 10.8 Å². The first kappa shape index (κ1) is 18.1. The van der Waals surface area contributed by atoms with Gasteiger partial charge in [-0.15, -0.1) is 0 Å². The molecular formula is C19H20ClF2NO2. The highest BCUT2D eigenvalue weighted by Crippen LogP contribution is 2.27. The minimum Gasteiger partial charge on any atom is -0.486 e. The summed E-state index contributed by atoms with van der Waals surface area (Å²) in [7, 11) is 0. The van der Waals surface area contributed by atoms with Gasteiger partial charge in [0, 0.05) is 37.1 Å². The maximum absolute atomic E-state index is 13.5. The van der Waals surface area contributed by atoms with E-state index in [-0.39, 0.29) is 6.10 Å². The predicted molar refractivity (Wildman–Crippen MR) is 93.1 cm³/mol. The Morgan fingerprint density at radius 1 is 1.04 bits per heavy atom. The van der Waals surface area contributed by atoms with Crippen LogP contribution in [0.25, 0.3) is 0 Å². The van der Waals surface area contributed by atoms with Crippen LogP contribution in [0, 0.1) is 11.6 Å². The predicted octanol–water partition coefficient (Wildman–Crippen LogP) is 4.46. The molecule has 3 rings (SSSR count). The van der Waals surface area contributed by atoms with E-state index >= 15 is 0 Å². The van der Waals surface area contributed by atoms with Crippen LogP contribution in [-0.2, 0) is 4.74 Å².